The monoisotopic (exact) mass is 339 g/mol. The van der Waals surface area contributed by atoms with E-state index in [0.29, 0.717) is 5.56 Å². The molecule has 0 radical (unpaired) electrons. The Labute approximate surface area is 147 Å². The van der Waals surface area contributed by atoms with Crippen molar-refractivity contribution in [2.75, 3.05) is 32.1 Å². The molecule has 0 bridgehead atoms. The largest absolute Gasteiger partial charge is 0.494 e. The van der Waals surface area contributed by atoms with Crippen molar-refractivity contribution in [2.45, 2.75) is 13.0 Å². The molecule has 0 amide bonds. The summed E-state index contributed by atoms with van der Waals surface area (Å²) < 4.78 is 19.9. The molecule has 4 nitrogen and oxygen atoms in total. The van der Waals surface area contributed by atoms with Gasteiger partial charge >= 0.3 is 0 Å². The first-order valence-electron chi connectivity index (χ1n) is 8.56. The lowest BCUT2D eigenvalue weighted by Crippen LogP contribution is -2.24. The van der Waals surface area contributed by atoms with Gasteiger partial charge in [0.25, 0.3) is 0 Å². The van der Waals surface area contributed by atoms with Gasteiger partial charge in [-0.1, -0.05) is 37.3 Å². The van der Waals surface area contributed by atoms with Gasteiger partial charge in [0.15, 0.2) is 11.6 Å². The van der Waals surface area contributed by atoms with Crippen molar-refractivity contribution in [1.29, 1.82) is 0 Å². The van der Waals surface area contributed by atoms with Gasteiger partial charge in [0.1, 0.15) is 0 Å². The summed E-state index contributed by atoms with van der Waals surface area (Å²) in [6, 6.07) is 10.9. The van der Waals surface area contributed by atoms with Crippen LogP contribution in [0.25, 0.3) is 11.1 Å². The van der Waals surface area contributed by atoms with Gasteiger partial charge in [0, 0.05) is 29.9 Å². The van der Waals surface area contributed by atoms with Crippen LogP contribution in [0.5, 0.6) is 5.75 Å². The van der Waals surface area contributed by atoms with Gasteiger partial charge in [-0.15, -0.1) is 0 Å². The minimum atomic E-state index is -0.352. The third-order valence-corrected chi connectivity index (χ3v) is 5.17. The Balaban J connectivity index is 1.82. The summed E-state index contributed by atoms with van der Waals surface area (Å²) in [4.78, 5) is 2.34. The molecule has 0 aromatic heterocycles. The average Bonchev–Trinajstić information content (AvgIpc) is 3.05. The second kappa shape index (κ2) is 6.17. The number of para-hydroxylation sites is 1. The first-order chi connectivity index (χ1) is 12.1. The highest BCUT2D eigenvalue weighted by Gasteiger charge is 2.32. The average molecular weight is 339 g/mol. The molecule has 5 heteroatoms. The molecule has 1 unspecified atom stereocenters. The Bertz CT molecular complexity index is 862. The number of rotatable bonds is 3. The SMILES string of the molecule is CCN1CC2=C(C1)C(N)c1cccc(-c3cccc(OC)c3F)c1N2. The van der Waals surface area contributed by atoms with Crippen LogP contribution in [-0.2, 0) is 0 Å². The van der Waals surface area contributed by atoms with Crippen LogP contribution < -0.4 is 15.8 Å². The molecule has 2 heterocycles. The van der Waals surface area contributed by atoms with Gasteiger partial charge in [-0.25, -0.2) is 4.39 Å². The minimum absolute atomic E-state index is 0.156. The Morgan fingerprint density at radius 2 is 1.96 bits per heavy atom. The second-order valence-electron chi connectivity index (χ2n) is 6.50. The summed E-state index contributed by atoms with van der Waals surface area (Å²) in [5.74, 6) is -0.108. The number of ether oxygens (including phenoxy) is 1. The molecular formula is C20H22FN3O. The van der Waals surface area contributed by atoms with E-state index >= 15 is 0 Å². The van der Waals surface area contributed by atoms with Crippen molar-refractivity contribution in [3.8, 4) is 16.9 Å². The third-order valence-electron chi connectivity index (χ3n) is 5.17. The van der Waals surface area contributed by atoms with Gasteiger partial charge in [-0.05, 0) is 23.7 Å². The quantitative estimate of drug-likeness (QED) is 0.898. The number of nitrogens with two attached hydrogens (primary N) is 1. The van der Waals surface area contributed by atoms with E-state index in [9.17, 15) is 4.39 Å². The number of hydrogen-bond acceptors (Lipinski definition) is 4. The van der Waals surface area contributed by atoms with Crippen LogP contribution >= 0.6 is 0 Å². The molecule has 3 N–H and O–H groups in total. The van der Waals surface area contributed by atoms with E-state index in [1.165, 1.54) is 12.7 Å². The van der Waals surface area contributed by atoms with Crippen molar-refractivity contribution < 1.29 is 9.13 Å². The Morgan fingerprint density at radius 1 is 1.20 bits per heavy atom. The van der Waals surface area contributed by atoms with E-state index in [-0.39, 0.29) is 17.6 Å². The molecule has 0 spiro atoms. The van der Waals surface area contributed by atoms with Gasteiger partial charge in [-0.3, -0.25) is 4.90 Å². The molecule has 4 rings (SSSR count). The second-order valence-corrected chi connectivity index (χ2v) is 6.50. The third kappa shape index (κ3) is 2.51. The van der Waals surface area contributed by atoms with E-state index in [2.05, 4.69) is 17.1 Å². The number of methoxy groups -OCH3 is 1. The maximum Gasteiger partial charge on any atom is 0.172 e. The number of halogens is 1. The van der Waals surface area contributed by atoms with Crippen LogP contribution in [-0.4, -0.2) is 31.6 Å². The summed E-state index contributed by atoms with van der Waals surface area (Å²) in [6.45, 7) is 4.87. The molecule has 0 fully saturated rings. The highest BCUT2D eigenvalue weighted by Crippen LogP contribution is 2.43. The number of nitrogens with one attached hydrogen (secondary N) is 1. The molecule has 2 aromatic carbocycles. The van der Waals surface area contributed by atoms with Crippen LogP contribution in [0.3, 0.4) is 0 Å². The first-order valence-corrected chi connectivity index (χ1v) is 8.56. The van der Waals surface area contributed by atoms with Crippen molar-refractivity contribution in [1.82, 2.24) is 4.90 Å². The molecular weight excluding hydrogens is 317 g/mol. The van der Waals surface area contributed by atoms with Gasteiger partial charge in [-0.2, -0.15) is 0 Å². The maximum atomic E-state index is 14.8. The lowest BCUT2D eigenvalue weighted by molar-refractivity contribution is 0.362. The van der Waals surface area contributed by atoms with Gasteiger partial charge < -0.3 is 15.8 Å². The molecule has 0 saturated heterocycles. The number of nitrogens with zero attached hydrogens (tertiary/aromatic N) is 1. The van der Waals surface area contributed by atoms with Crippen LogP contribution in [0.15, 0.2) is 47.7 Å². The van der Waals surface area contributed by atoms with Crippen molar-refractivity contribution >= 4 is 5.69 Å². The fourth-order valence-corrected chi connectivity index (χ4v) is 3.76. The van der Waals surface area contributed by atoms with E-state index in [1.54, 1.807) is 18.2 Å². The number of fused-ring (bicyclic) bond motifs is 1. The predicted molar refractivity (Wildman–Crippen MR) is 98.1 cm³/mol. The lowest BCUT2D eigenvalue weighted by Gasteiger charge is -2.28. The molecule has 130 valence electrons. The zero-order valence-corrected chi connectivity index (χ0v) is 14.5. The highest BCUT2D eigenvalue weighted by atomic mass is 19.1. The van der Waals surface area contributed by atoms with Crippen molar-refractivity contribution in [2.24, 2.45) is 5.73 Å². The molecule has 0 saturated carbocycles. The summed E-state index contributed by atoms with van der Waals surface area (Å²) >= 11 is 0. The predicted octanol–water partition coefficient (Wildman–Crippen LogP) is 3.52. The molecule has 25 heavy (non-hydrogen) atoms. The summed E-state index contributed by atoms with van der Waals surface area (Å²) in [7, 11) is 1.48. The fourth-order valence-electron chi connectivity index (χ4n) is 3.76. The van der Waals surface area contributed by atoms with E-state index in [0.717, 1.165) is 42.1 Å². The summed E-state index contributed by atoms with van der Waals surface area (Å²) in [6.07, 6.45) is 0. The topological polar surface area (TPSA) is 50.5 Å². The Hall–Kier alpha value is -2.37. The van der Waals surface area contributed by atoms with Gasteiger partial charge in [0.2, 0.25) is 0 Å². The minimum Gasteiger partial charge on any atom is -0.494 e. The van der Waals surface area contributed by atoms with Crippen LogP contribution in [0.2, 0.25) is 0 Å². The van der Waals surface area contributed by atoms with Crippen molar-refractivity contribution in [3.05, 3.63) is 59.0 Å². The number of anilines is 1. The molecule has 2 aliphatic heterocycles. The molecule has 2 aromatic rings. The molecule has 2 aliphatic rings. The normalized spacial score (nSPS) is 19.4. The number of benzene rings is 2. The van der Waals surface area contributed by atoms with Crippen LogP contribution in [0.1, 0.15) is 18.5 Å². The zero-order chi connectivity index (χ0) is 17.6. The van der Waals surface area contributed by atoms with E-state index < -0.39 is 0 Å². The van der Waals surface area contributed by atoms with E-state index in [4.69, 9.17) is 10.5 Å². The first kappa shape index (κ1) is 16.1. The zero-order valence-electron chi connectivity index (χ0n) is 14.5. The Morgan fingerprint density at radius 3 is 2.72 bits per heavy atom. The van der Waals surface area contributed by atoms with Crippen LogP contribution in [0.4, 0.5) is 10.1 Å². The smallest absolute Gasteiger partial charge is 0.172 e. The number of likely N-dealkylation sites (N-methyl/N-ethyl adjacent to an activating group) is 1. The molecule has 1 atom stereocenters. The van der Waals surface area contributed by atoms with Gasteiger partial charge in [0.05, 0.1) is 18.8 Å². The fraction of sp³-hybridized carbons (Fsp3) is 0.300. The number of hydrogen-bond donors (Lipinski definition) is 2. The summed E-state index contributed by atoms with van der Waals surface area (Å²) in [5, 5.41) is 3.54. The van der Waals surface area contributed by atoms with Crippen LogP contribution in [0, 0.1) is 5.82 Å². The highest BCUT2D eigenvalue weighted by molar-refractivity contribution is 5.84. The van der Waals surface area contributed by atoms with E-state index in [1.807, 2.05) is 18.2 Å². The molecule has 0 aliphatic carbocycles. The lowest BCUT2D eigenvalue weighted by atomic mass is 9.89. The van der Waals surface area contributed by atoms with Crippen molar-refractivity contribution in [3.63, 3.8) is 0 Å². The Kier molecular flexibility index (Phi) is 3.98. The summed E-state index contributed by atoms with van der Waals surface area (Å²) in [5.41, 5.74) is 12.2. The maximum absolute atomic E-state index is 14.8. The standard InChI is InChI=1S/C20H22FN3O/c1-3-24-10-15-16(11-24)23-20-13(7-4-8-14(20)19(15)22)12-6-5-9-17(25-2)18(12)21/h4-9,19,23H,3,10-11,22H2,1-2H3.